The lowest BCUT2D eigenvalue weighted by Crippen LogP contribution is -2.41. The summed E-state index contributed by atoms with van der Waals surface area (Å²) in [5.74, 6) is 0.163. The standard InChI is InChI=1S/C15H24N2O2S/c1-12(18)9-13-5-3-7-17(13)11-15(19)16(2)10-14-6-4-8-20-14/h4,6,8,12-13,18H,3,5,7,9-11H2,1-2H3. The first-order chi connectivity index (χ1) is 9.56. The molecule has 0 spiro atoms. The van der Waals surface area contributed by atoms with Gasteiger partial charge in [-0.15, -0.1) is 11.3 Å². The van der Waals surface area contributed by atoms with Crippen molar-refractivity contribution in [3.63, 3.8) is 0 Å². The fraction of sp³-hybridized carbons (Fsp3) is 0.667. The lowest BCUT2D eigenvalue weighted by Gasteiger charge is -2.27. The molecule has 0 saturated carbocycles. The highest BCUT2D eigenvalue weighted by Crippen LogP contribution is 2.21. The van der Waals surface area contributed by atoms with Gasteiger partial charge >= 0.3 is 0 Å². The van der Waals surface area contributed by atoms with E-state index in [0.29, 0.717) is 19.1 Å². The van der Waals surface area contributed by atoms with E-state index in [1.165, 1.54) is 4.88 Å². The number of carbonyl (C=O) groups is 1. The van der Waals surface area contributed by atoms with Gasteiger partial charge in [-0.1, -0.05) is 6.07 Å². The molecule has 1 aromatic rings. The third-order valence-corrected chi connectivity index (χ3v) is 4.71. The molecule has 2 unspecified atom stereocenters. The maximum atomic E-state index is 12.3. The highest BCUT2D eigenvalue weighted by atomic mass is 32.1. The zero-order chi connectivity index (χ0) is 14.5. The quantitative estimate of drug-likeness (QED) is 0.872. The Morgan fingerprint density at radius 1 is 1.65 bits per heavy atom. The molecule has 1 saturated heterocycles. The number of hydrogen-bond acceptors (Lipinski definition) is 4. The average molecular weight is 296 g/mol. The van der Waals surface area contributed by atoms with Gasteiger partial charge in [-0.2, -0.15) is 0 Å². The predicted octanol–water partition coefficient (Wildman–Crippen LogP) is 1.94. The molecule has 1 aliphatic rings. The minimum Gasteiger partial charge on any atom is -0.393 e. The van der Waals surface area contributed by atoms with Crippen molar-refractivity contribution in [2.24, 2.45) is 0 Å². The minimum atomic E-state index is -0.292. The van der Waals surface area contributed by atoms with Gasteiger partial charge in [0, 0.05) is 18.0 Å². The van der Waals surface area contributed by atoms with Crippen LogP contribution in [0, 0.1) is 0 Å². The molecule has 1 aromatic heterocycles. The summed E-state index contributed by atoms with van der Waals surface area (Å²) in [6.07, 6.45) is 2.69. The number of hydrogen-bond donors (Lipinski definition) is 1. The Balaban J connectivity index is 1.83. The highest BCUT2D eigenvalue weighted by molar-refractivity contribution is 7.09. The summed E-state index contributed by atoms with van der Waals surface area (Å²) in [5, 5.41) is 11.6. The summed E-state index contributed by atoms with van der Waals surface area (Å²) >= 11 is 1.68. The summed E-state index contributed by atoms with van der Waals surface area (Å²) in [6.45, 7) is 3.95. The maximum Gasteiger partial charge on any atom is 0.236 e. The monoisotopic (exact) mass is 296 g/mol. The number of amides is 1. The Hall–Kier alpha value is -0.910. The van der Waals surface area contributed by atoms with Gasteiger partial charge in [-0.3, -0.25) is 9.69 Å². The zero-order valence-corrected chi connectivity index (χ0v) is 13.1. The molecule has 1 amide bonds. The molecule has 112 valence electrons. The molecule has 4 nitrogen and oxygen atoms in total. The Bertz CT molecular complexity index is 420. The minimum absolute atomic E-state index is 0.163. The SMILES string of the molecule is CC(O)CC1CCCN1CC(=O)N(C)Cc1cccs1. The van der Waals surface area contributed by atoms with Crippen molar-refractivity contribution in [2.75, 3.05) is 20.1 Å². The summed E-state index contributed by atoms with van der Waals surface area (Å²) in [5.41, 5.74) is 0. The number of thiophene rings is 1. The van der Waals surface area contributed by atoms with E-state index >= 15 is 0 Å². The van der Waals surface area contributed by atoms with E-state index in [1.807, 2.05) is 25.4 Å². The summed E-state index contributed by atoms with van der Waals surface area (Å²) in [6, 6.07) is 4.42. The predicted molar refractivity (Wildman–Crippen MR) is 81.7 cm³/mol. The molecule has 2 atom stereocenters. The van der Waals surface area contributed by atoms with Crippen LogP contribution in [0.2, 0.25) is 0 Å². The van der Waals surface area contributed by atoms with Crippen LogP contribution < -0.4 is 0 Å². The van der Waals surface area contributed by atoms with Gasteiger partial charge in [0.15, 0.2) is 0 Å². The van der Waals surface area contributed by atoms with E-state index in [1.54, 1.807) is 16.2 Å². The van der Waals surface area contributed by atoms with Crippen LogP contribution in [0.3, 0.4) is 0 Å². The van der Waals surface area contributed by atoms with Gasteiger partial charge < -0.3 is 10.0 Å². The average Bonchev–Trinajstić information content (AvgIpc) is 3.01. The van der Waals surface area contributed by atoms with Crippen LogP contribution in [0.5, 0.6) is 0 Å². The number of rotatable bonds is 6. The molecule has 0 aliphatic carbocycles. The van der Waals surface area contributed by atoms with Crippen molar-refractivity contribution in [3.05, 3.63) is 22.4 Å². The van der Waals surface area contributed by atoms with Crippen LogP contribution in [-0.4, -0.2) is 53.1 Å². The topological polar surface area (TPSA) is 43.8 Å². The lowest BCUT2D eigenvalue weighted by molar-refractivity contribution is -0.132. The Morgan fingerprint density at radius 3 is 3.10 bits per heavy atom. The van der Waals surface area contributed by atoms with Gasteiger partial charge in [0.05, 0.1) is 19.2 Å². The van der Waals surface area contributed by atoms with Crippen LogP contribution in [0.15, 0.2) is 17.5 Å². The molecular weight excluding hydrogens is 272 g/mol. The molecule has 1 aliphatic heterocycles. The van der Waals surface area contributed by atoms with Gasteiger partial charge in [0.1, 0.15) is 0 Å². The molecule has 2 rings (SSSR count). The van der Waals surface area contributed by atoms with Crippen molar-refractivity contribution in [2.45, 2.75) is 44.9 Å². The zero-order valence-electron chi connectivity index (χ0n) is 12.3. The summed E-state index contributed by atoms with van der Waals surface area (Å²) in [4.78, 5) is 17.5. The number of likely N-dealkylation sites (tertiary alicyclic amines) is 1. The van der Waals surface area contributed by atoms with Gasteiger partial charge in [-0.25, -0.2) is 0 Å². The second kappa shape index (κ2) is 7.20. The molecule has 1 fully saturated rings. The van der Waals surface area contributed by atoms with E-state index in [2.05, 4.69) is 11.0 Å². The molecule has 2 heterocycles. The first kappa shape index (κ1) is 15.5. The number of aliphatic hydroxyl groups is 1. The number of nitrogens with zero attached hydrogens (tertiary/aromatic N) is 2. The fourth-order valence-electron chi connectivity index (χ4n) is 2.78. The Kier molecular flexibility index (Phi) is 5.57. The fourth-order valence-corrected chi connectivity index (χ4v) is 3.54. The molecule has 0 radical (unpaired) electrons. The van der Waals surface area contributed by atoms with Gasteiger partial charge in [0.2, 0.25) is 5.91 Å². The second-order valence-corrected chi connectivity index (χ2v) is 6.71. The molecule has 20 heavy (non-hydrogen) atoms. The van der Waals surface area contributed by atoms with Crippen molar-refractivity contribution in [1.29, 1.82) is 0 Å². The summed E-state index contributed by atoms with van der Waals surface area (Å²) < 4.78 is 0. The van der Waals surface area contributed by atoms with Crippen LogP contribution in [0.1, 0.15) is 31.1 Å². The number of carbonyl (C=O) groups excluding carboxylic acids is 1. The Morgan fingerprint density at radius 2 is 2.45 bits per heavy atom. The van der Waals surface area contributed by atoms with Gasteiger partial charge in [0.25, 0.3) is 0 Å². The molecule has 0 bridgehead atoms. The van der Waals surface area contributed by atoms with Crippen molar-refractivity contribution >= 4 is 17.2 Å². The van der Waals surface area contributed by atoms with E-state index in [0.717, 1.165) is 25.8 Å². The van der Waals surface area contributed by atoms with Crippen LogP contribution in [0.25, 0.3) is 0 Å². The van der Waals surface area contributed by atoms with Crippen LogP contribution in [-0.2, 0) is 11.3 Å². The third kappa shape index (κ3) is 4.30. The van der Waals surface area contributed by atoms with Crippen molar-refractivity contribution in [3.8, 4) is 0 Å². The maximum absolute atomic E-state index is 12.3. The summed E-state index contributed by atoms with van der Waals surface area (Å²) in [7, 11) is 1.86. The second-order valence-electron chi connectivity index (χ2n) is 5.68. The highest BCUT2D eigenvalue weighted by Gasteiger charge is 2.27. The smallest absolute Gasteiger partial charge is 0.236 e. The first-order valence-electron chi connectivity index (χ1n) is 7.24. The first-order valence-corrected chi connectivity index (χ1v) is 8.12. The normalized spacial score (nSPS) is 21.1. The molecule has 5 heteroatoms. The van der Waals surface area contributed by atoms with Crippen LogP contribution >= 0.6 is 11.3 Å². The van der Waals surface area contributed by atoms with E-state index < -0.39 is 0 Å². The van der Waals surface area contributed by atoms with Crippen molar-refractivity contribution in [1.82, 2.24) is 9.80 Å². The Labute approximate surface area is 125 Å². The lowest BCUT2D eigenvalue weighted by atomic mass is 10.1. The largest absolute Gasteiger partial charge is 0.393 e. The van der Waals surface area contributed by atoms with Gasteiger partial charge in [-0.05, 0) is 44.2 Å². The molecule has 1 N–H and O–H groups in total. The number of aliphatic hydroxyl groups excluding tert-OH is 1. The van der Waals surface area contributed by atoms with E-state index in [-0.39, 0.29) is 12.0 Å². The van der Waals surface area contributed by atoms with E-state index in [9.17, 15) is 9.90 Å². The van der Waals surface area contributed by atoms with Crippen LogP contribution in [0.4, 0.5) is 0 Å². The number of likely N-dealkylation sites (N-methyl/N-ethyl adjacent to an activating group) is 1. The van der Waals surface area contributed by atoms with E-state index in [4.69, 9.17) is 0 Å². The molecular formula is C15H24N2O2S. The molecule has 0 aromatic carbocycles. The third-order valence-electron chi connectivity index (χ3n) is 3.85. The van der Waals surface area contributed by atoms with Crippen molar-refractivity contribution < 1.29 is 9.90 Å².